The van der Waals surface area contributed by atoms with Gasteiger partial charge in [-0.2, -0.15) is 0 Å². The zero-order chi connectivity index (χ0) is 15.4. The smallest absolute Gasteiger partial charge is 0.224 e. The van der Waals surface area contributed by atoms with Crippen molar-refractivity contribution in [1.82, 2.24) is 5.32 Å². The van der Waals surface area contributed by atoms with Crippen molar-refractivity contribution in [2.24, 2.45) is 11.8 Å². The molecule has 2 heterocycles. The second kappa shape index (κ2) is 7.14. The van der Waals surface area contributed by atoms with E-state index in [-0.39, 0.29) is 5.91 Å². The minimum Gasteiger partial charge on any atom is -0.385 e. The van der Waals surface area contributed by atoms with Crippen molar-refractivity contribution >= 4 is 17.3 Å². The lowest BCUT2D eigenvalue weighted by Crippen LogP contribution is -2.32. The zero-order valence-corrected chi connectivity index (χ0v) is 13.5. The third-order valence-corrected chi connectivity index (χ3v) is 5.02. The normalized spacial score (nSPS) is 19.9. The predicted octanol–water partition coefficient (Wildman–Crippen LogP) is 3.01. The van der Waals surface area contributed by atoms with Crippen molar-refractivity contribution in [3.63, 3.8) is 0 Å². The molecule has 3 N–H and O–H groups in total. The molecule has 0 saturated carbocycles. The summed E-state index contributed by atoms with van der Waals surface area (Å²) in [4.78, 5) is 12.3. The van der Waals surface area contributed by atoms with Crippen LogP contribution in [-0.4, -0.2) is 25.5 Å². The number of fused-ring (bicyclic) bond motifs is 1. The van der Waals surface area contributed by atoms with E-state index in [9.17, 15) is 4.79 Å². The summed E-state index contributed by atoms with van der Waals surface area (Å²) in [6.07, 6.45) is 5.27. The largest absolute Gasteiger partial charge is 0.385 e. The van der Waals surface area contributed by atoms with Crippen molar-refractivity contribution in [2.45, 2.75) is 39.0 Å². The molecule has 0 aromatic heterocycles. The Morgan fingerprint density at radius 2 is 2.14 bits per heavy atom. The van der Waals surface area contributed by atoms with Crippen LogP contribution in [0.4, 0.5) is 11.4 Å². The molecule has 4 heteroatoms. The predicted molar refractivity (Wildman–Crippen MR) is 91.3 cm³/mol. The van der Waals surface area contributed by atoms with E-state index >= 15 is 0 Å². The van der Waals surface area contributed by atoms with E-state index in [1.165, 1.54) is 24.1 Å². The molecule has 2 aliphatic heterocycles. The minimum atomic E-state index is 0.148. The molecule has 22 heavy (non-hydrogen) atoms. The van der Waals surface area contributed by atoms with Crippen LogP contribution in [0.25, 0.3) is 0 Å². The van der Waals surface area contributed by atoms with Gasteiger partial charge in [-0.3, -0.25) is 4.79 Å². The molecule has 1 amide bonds. The van der Waals surface area contributed by atoms with Crippen molar-refractivity contribution < 1.29 is 4.79 Å². The van der Waals surface area contributed by atoms with Crippen LogP contribution in [0, 0.1) is 11.8 Å². The third kappa shape index (κ3) is 3.80. The number of anilines is 2. The zero-order valence-electron chi connectivity index (χ0n) is 13.5. The summed E-state index contributed by atoms with van der Waals surface area (Å²) in [6, 6.07) is 6.21. The lowest BCUT2D eigenvalue weighted by Gasteiger charge is -2.28. The summed E-state index contributed by atoms with van der Waals surface area (Å²) in [6.45, 7) is 5.45. The molecule has 1 aromatic rings. The van der Waals surface area contributed by atoms with Gasteiger partial charge in [-0.15, -0.1) is 0 Å². The molecular weight excluding hydrogens is 274 g/mol. The minimum absolute atomic E-state index is 0.148. The van der Waals surface area contributed by atoms with Gasteiger partial charge in [0, 0.05) is 24.3 Å². The molecule has 1 saturated heterocycles. The fraction of sp³-hybridized carbons (Fsp3) is 0.611. The molecule has 1 unspecified atom stereocenters. The van der Waals surface area contributed by atoms with Gasteiger partial charge in [0.25, 0.3) is 0 Å². The number of carbonyl (C=O) groups is 1. The lowest BCUT2D eigenvalue weighted by atomic mass is 9.84. The van der Waals surface area contributed by atoms with Crippen LogP contribution in [-0.2, 0) is 11.2 Å². The van der Waals surface area contributed by atoms with Crippen LogP contribution in [0.5, 0.6) is 0 Å². The Balaban J connectivity index is 1.54. The quantitative estimate of drug-likeness (QED) is 0.801. The number of aryl methyl sites for hydroxylation is 1. The van der Waals surface area contributed by atoms with E-state index in [0.717, 1.165) is 38.2 Å². The van der Waals surface area contributed by atoms with E-state index in [0.29, 0.717) is 18.3 Å². The SMILES string of the molecule is CC(CC(=O)Nc1ccc2c(c1)CCCN2)C1CCNCC1. The second-order valence-electron chi connectivity index (χ2n) is 6.72. The molecule has 0 bridgehead atoms. The Kier molecular flexibility index (Phi) is 4.98. The molecule has 0 radical (unpaired) electrons. The number of hydrogen-bond acceptors (Lipinski definition) is 3. The van der Waals surface area contributed by atoms with Gasteiger partial charge in [0.2, 0.25) is 5.91 Å². The Morgan fingerprint density at radius 3 is 2.95 bits per heavy atom. The van der Waals surface area contributed by atoms with Crippen molar-refractivity contribution in [3.8, 4) is 0 Å². The van der Waals surface area contributed by atoms with Gasteiger partial charge in [-0.1, -0.05) is 6.92 Å². The molecule has 120 valence electrons. The van der Waals surface area contributed by atoms with Gasteiger partial charge < -0.3 is 16.0 Å². The highest BCUT2D eigenvalue weighted by molar-refractivity contribution is 5.91. The first kappa shape index (κ1) is 15.3. The summed E-state index contributed by atoms with van der Waals surface area (Å²) >= 11 is 0. The number of piperidine rings is 1. The van der Waals surface area contributed by atoms with Gasteiger partial charge in [-0.25, -0.2) is 0 Å². The van der Waals surface area contributed by atoms with E-state index in [2.05, 4.69) is 35.0 Å². The van der Waals surface area contributed by atoms with Crippen molar-refractivity contribution in [3.05, 3.63) is 23.8 Å². The topological polar surface area (TPSA) is 53.2 Å². The molecule has 2 aliphatic rings. The highest BCUT2D eigenvalue weighted by Crippen LogP contribution is 2.27. The summed E-state index contributed by atoms with van der Waals surface area (Å²) < 4.78 is 0. The molecule has 1 atom stereocenters. The lowest BCUT2D eigenvalue weighted by molar-refractivity contribution is -0.117. The van der Waals surface area contributed by atoms with Crippen LogP contribution in [0.3, 0.4) is 0 Å². The summed E-state index contributed by atoms with van der Waals surface area (Å²) in [7, 11) is 0. The molecular formula is C18H27N3O. The Hall–Kier alpha value is -1.55. The van der Waals surface area contributed by atoms with E-state index in [1.807, 2.05) is 6.07 Å². The van der Waals surface area contributed by atoms with Crippen LogP contribution in [0.2, 0.25) is 0 Å². The van der Waals surface area contributed by atoms with Crippen molar-refractivity contribution in [2.75, 3.05) is 30.3 Å². The highest BCUT2D eigenvalue weighted by Gasteiger charge is 2.22. The number of benzene rings is 1. The van der Waals surface area contributed by atoms with Gasteiger partial charge in [0.15, 0.2) is 0 Å². The van der Waals surface area contributed by atoms with E-state index in [1.54, 1.807) is 0 Å². The maximum absolute atomic E-state index is 12.3. The van der Waals surface area contributed by atoms with Crippen molar-refractivity contribution in [1.29, 1.82) is 0 Å². The molecule has 4 nitrogen and oxygen atoms in total. The maximum Gasteiger partial charge on any atom is 0.224 e. The van der Waals surface area contributed by atoms with E-state index < -0.39 is 0 Å². The molecule has 1 aromatic carbocycles. The van der Waals surface area contributed by atoms with Crippen LogP contribution in [0.1, 0.15) is 38.2 Å². The second-order valence-corrected chi connectivity index (χ2v) is 6.72. The van der Waals surface area contributed by atoms with Gasteiger partial charge >= 0.3 is 0 Å². The molecule has 1 fully saturated rings. The van der Waals surface area contributed by atoms with Crippen LogP contribution < -0.4 is 16.0 Å². The van der Waals surface area contributed by atoms with Crippen LogP contribution >= 0.6 is 0 Å². The van der Waals surface area contributed by atoms with Gasteiger partial charge in [-0.05, 0) is 74.4 Å². The number of nitrogens with one attached hydrogen (secondary N) is 3. The average Bonchev–Trinajstić information content (AvgIpc) is 2.55. The first-order valence-corrected chi connectivity index (χ1v) is 8.60. The summed E-state index contributed by atoms with van der Waals surface area (Å²) in [5.41, 5.74) is 3.47. The molecule has 0 spiro atoms. The number of carbonyl (C=O) groups excluding carboxylic acids is 1. The van der Waals surface area contributed by atoms with E-state index in [4.69, 9.17) is 0 Å². The molecule has 3 rings (SSSR count). The fourth-order valence-electron chi connectivity index (χ4n) is 3.64. The number of rotatable bonds is 4. The Bertz CT molecular complexity index is 523. The first-order chi connectivity index (χ1) is 10.7. The number of amides is 1. The summed E-state index contributed by atoms with van der Waals surface area (Å²) in [5.74, 6) is 1.29. The van der Waals surface area contributed by atoms with Gasteiger partial charge in [0.1, 0.15) is 0 Å². The monoisotopic (exact) mass is 301 g/mol. The maximum atomic E-state index is 12.3. The first-order valence-electron chi connectivity index (χ1n) is 8.60. The highest BCUT2D eigenvalue weighted by atomic mass is 16.1. The third-order valence-electron chi connectivity index (χ3n) is 5.02. The van der Waals surface area contributed by atoms with Crippen LogP contribution in [0.15, 0.2) is 18.2 Å². The Labute approximate surface area is 133 Å². The average molecular weight is 301 g/mol. The fourth-order valence-corrected chi connectivity index (χ4v) is 3.64. The molecule has 0 aliphatic carbocycles. The van der Waals surface area contributed by atoms with Gasteiger partial charge in [0.05, 0.1) is 0 Å². The number of hydrogen-bond donors (Lipinski definition) is 3. The standard InChI is InChI=1S/C18H27N3O/c1-13(14-6-9-19-10-7-14)11-18(22)21-16-4-5-17-15(12-16)3-2-8-20-17/h4-5,12-14,19-20H,2-3,6-11H2,1H3,(H,21,22). The summed E-state index contributed by atoms with van der Waals surface area (Å²) in [5, 5.41) is 9.86. The Morgan fingerprint density at radius 1 is 1.32 bits per heavy atom.